The molecule has 2 heterocycles. The van der Waals surface area contributed by atoms with Crippen molar-refractivity contribution in [2.24, 2.45) is 35.5 Å². The molecule has 4 aromatic rings. The quantitative estimate of drug-likeness (QED) is 0.0327. The lowest BCUT2D eigenvalue weighted by molar-refractivity contribution is -0.133. The average molecular weight is 1030 g/mol. The molecule has 0 spiro atoms. The van der Waals surface area contributed by atoms with Gasteiger partial charge in [0.25, 0.3) is 0 Å². The van der Waals surface area contributed by atoms with Crippen molar-refractivity contribution in [3.05, 3.63) is 82.1 Å². The zero-order valence-corrected chi connectivity index (χ0v) is 44.6. The summed E-state index contributed by atoms with van der Waals surface area (Å²) >= 11 is 3.16. The van der Waals surface area contributed by atoms with Gasteiger partial charge < -0.3 is 20.8 Å². The molecular weight excluding hydrogens is 961 g/mol. The molecular formula is C54H70N4O8S4. The SMILES string of the molecule is Cc1ncsc1-c1ccc(CCC(=O)[C@H]2C[C@H](O)CC2C(=O)[C@@H](CSSC[C@H](NC(=O)CCC(C)C)C(=O)C2C[C@H](O)C[C@H]2C(=O)CCc2ccc(-c3scnc3C)cc2)NC(=O)CCC(C)C)cc1. The van der Waals surface area contributed by atoms with Crippen LogP contribution in [0.5, 0.6) is 0 Å². The van der Waals surface area contributed by atoms with Gasteiger partial charge in [-0.05, 0) is 99.3 Å². The van der Waals surface area contributed by atoms with Gasteiger partial charge in [-0.25, -0.2) is 9.97 Å². The summed E-state index contributed by atoms with van der Waals surface area (Å²) in [6.45, 7) is 12.0. The number of aryl methyl sites for hydroxylation is 4. The van der Waals surface area contributed by atoms with Gasteiger partial charge in [0.15, 0.2) is 11.6 Å². The smallest absolute Gasteiger partial charge is 0.220 e. The molecule has 2 amide bonds. The predicted octanol–water partition coefficient (Wildman–Crippen LogP) is 9.39. The Bertz CT molecular complexity index is 2230. The molecule has 0 radical (unpaired) electrons. The Morgan fingerprint density at radius 2 is 0.929 bits per heavy atom. The van der Waals surface area contributed by atoms with Crippen molar-refractivity contribution in [2.45, 2.75) is 143 Å². The summed E-state index contributed by atoms with van der Waals surface area (Å²) in [4.78, 5) is 94.2. The van der Waals surface area contributed by atoms with Gasteiger partial charge >= 0.3 is 0 Å². The van der Waals surface area contributed by atoms with Gasteiger partial charge in [0.1, 0.15) is 11.6 Å². The number of aliphatic hydroxyl groups is 2. The zero-order chi connectivity index (χ0) is 50.5. The van der Waals surface area contributed by atoms with Crippen molar-refractivity contribution in [1.29, 1.82) is 0 Å². The Morgan fingerprint density at radius 3 is 1.26 bits per heavy atom. The third-order valence-corrected chi connectivity index (χ3v) is 18.1. The van der Waals surface area contributed by atoms with Crippen LogP contribution >= 0.6 is 44.3 Å². The first-order chi connectivity index (χ1) is 33.5. The van der Waals surface area contributed by atoms with Crippen molar-refractivity contribution < 1.29 is 39.0 Å². The van der Waals surface area contributed by atoms with Gasteiger partial charge in [-0.1, -0.05) is 97.8 Å². The Balaban J connectivity index is 1.10. The number of benzene rings is 2. The van der Waals surface area contributed by atoms with Crippen LogP contribution in [-0.4, -0.2) is 90.9 Å². The molecule has 0 bridgehead atoms. The normalized spacial score (nSPS) is 20.9. The maximum Gasteiger partial charge on any atom is 0.220 e. The van der Waals surface area contributed by atoms with E-state index in [-0.39, 0.29) is 110 Å². The molecule has 12 nitrogen and oxygen atoms in total. The zero-order valence-electron chi connectivity index (χ0n) is 41.3. The fraction of sp³-hybridized carbons (Fsp3) is 0.556. The number of hydrogen-bond acceptors (Lipinski definition) is 14. The Hall–Kier alpha value is -4.06. The van der Waals surface area contributed by atoms with Crippen LogP contribution < -0.4 is 10.6 Å². The molecule has 2 aromatic heterocycles. The lowest BCUT2D eigenvalue weighted by Crippen LogP contribution is -2.47. The van der Waals surface area contributed by atoms with E-state index in [1.54, 1.807) is 22.7 Å². The highest BCUT2D eigenvalue weighted by Crippen LogP contribution is 2.39. The molecule has 70 heavy (non-hydrogen) atoms. The first-order valence-electron chi connectivity index (χ1n) is 24.8. The van der Waals surface area contributed by atoms with Gasteiger partial charge in [0, 0.05) is 60.9 Å². The van der Waals surface area contributed by atoms with E-state index in [0.29, 0.717) is 25.7 Å². The van der Waals surface area contributed by atoms with Crippen molar-refractivity contribution in [2.75, 3.05) is 11.5 Å². The molecule has 2 aliphatic carbocycles. The Labute approximate surface area is 429 Å². The van der Waals surface area contributed by atoms with Crippen LogP contribution in [0.4, 0.5) is 0 Å². The standard InChI is InChI=1S/C54H70N4O8S4/c1-31(2)7-21-49(63)57-45(51(65)43-25-39(59)23-41(43)47(61)19-13-35-9-15-37(16-10-35)53-33(5)55-29-67-53)27-69-70-28-46(58-50(64)22-8-32(3)4)52(66)44-26-40(60)24-42(44)48(62)20-14-36-11-17-38(18-12-36)54-34(6)56-30-68-54/h9-12,15-18,29-32,39-46,59-60H,7-8,13-14,19-28H2,1-6H3,(H,57,63)(H,58,64)/t39-,40+,41-,42+,43?,44?,45+,46-. The number of Topliss-reactive ketones (excluding diaryl/α,β-unsaturated/α-hetero) is 4. The number of carbonyl (C=O) groups excluding carboxylic acids is 6. The summed E-state index contributed by atoms with van der Waals surface area (Å²) in [5.74, 6) is -3.46. The summed E-state index contributed by atoms with van der Waals surface area (Å²) in [6.07, 6.45) is 2.04. The van der Waals surface area contributed by atoms with Crippen LogP contribution in [0, 0.1) is 49.4 Å². The second-order valence-electron chi connectivity index (χ2n) is 20.0. The Morgan fingerprint density at radius 1 is 0.571 bits per heavy atom. The number of nitrogens with zero attached hydrogens (tertiary/aromatic N) is 2. The molecule has 8 atom stereocenters. The van der Waals surface area contributed by atoms with E-state index in [1.807, 2.05) is 101 Å². The number of thiazole rings is 2. The molecule has 4 N–H and O–H groups in total. The van der Waals surface area contributed by atoms with E-state index < -0.39 is 48.0 Å². The maximum atomic E-state index is 14.5. The molecule has 2 saturated carbocycles. The molecule has 2 fully saturated rings. The highest BCUT2D eigenvalue weighted by Gasteiger charge is 2.45. The lowest BCUT2D eigenvalue weighted by atomic mass is 9.84. The summed E-state index contributed by atoms with van der Waals surface area (Å²) in [7, 11) is 2.58. The Kier molecular flexibility index (Phi) is 21.0. The van der Waals surface area contributed by atoms with Crippen molar-refractivity contribution >= 4 is 79.2 Å². The van der Waals surface area contributed by atoms with E-state index in [0.717, 1.165) is 43.4 Å². The van der Waals surface area contributed by atoms with Crippen molar-refractivity contribution in [1.82, 2.24) is 20.6 Å². The summed E-state index contributed by atoms with van der Waals surface area (Å²) in [6, 6.07) is 14.2. The summed E-state index contributed by atoms with van der Waals surface area (Å²) in [5, 5.41) is 27.6. The molecule has 2 aromatic carbocycles. The van der Waals surface area contributed by atoms with E-state index >= 15 is 0 Å². The average Bonchev–Trinajstić information content (AvgIpc) is 4.16. The molecule has 378 valence electrons. The molecule has 16 heteroatoms. The lowest BCUT2D eigenvalue weighted by Gasteiger charge is -2.25. The highest BCUT2D eigenvalue weighted by molar-refractivity contribution is 8.76. The second-order valence-corrected chi connectivity index (χ2v) is 24.3. The van der Waals surface area contributed by atoms with Gasteiger partial charge in [-0.3, -0.25) is 28.8 Å². The van der Waals surface area contributed by atoms with Gasteiger partial charge in [-0.15, -0.1) is 22.7 Å². The number of ketones is 4. The first-order valence-corrected chi connectivity index (χ1v) is 29.0. The topological polar surface area (TPSA) is 193 Å². The molecule has 0 saturated heterocycles. The van der Waals surface area contributed by atoms with Crippen LogP contribution in [0.3, 0.4) is 0 Å². The predicted molar refractivity (Wildman–Crippen MR) is 283 cm³/mol. The van der Waals surface area contributed by atoms with E-state index in [2.05, 4.69) is 20.6 Å². The summed E-state index contributed by atoms with van der Waals surface area (Å²) < 4.78 is 0. The van der Waals surface area contributed by atoms with Crippen LogP contribution in [0.2, 0.25) is 0 Å². The number of aliphatic hydroxyl groups excluding tert-OH is 2. The molecule has 2 unspecified atom stereocenters. The van der Waals surface area contributed by atoms with Crippen LogP contribution in [0.15, 0.2) is 59.6 Å². The first kappa shape index (κ1) is 55.3. The highest BCUT2D eigenvalue weighted by atomic mass is 33.1. The van der Waals surface area contributed by atoms with Crippen LogP contribution in [0.25, 0.3) is 20.9 Å². The van der Waals surface area contributed by atoms with E-state index in [1.165, 1.54) is 21.6 Å². The van der Waals surface area contributed by atoms with E-state index in [9.17, 15) is 39.0 Å². The van der Waals surface area contributed by atoms with Gasteiger partial charge in [0.05, 0.1) is 56.5 Å². The van der Waals surface area contributed by atoms with Crippen LogP contribution in [-0.2, 0) is 41.6 Å². The number of aromatic nitrogens is 2. The minimum atomic E-state index is -0.958. The fourth-order valence-electron chi connectivity index (χ4n) is 9.58. The van der Waals surface area contributed by atoms with Crippen molar-refractivity contribution in [3.63, 3.8) is 0 Å². The van der Waals surface area contributed by atoms with Crippen molar-refractivity contribution in [3.8, 4) is 20.9 Å². The third-order valence-electron chi connectivity index (χ3n) is 13.7. The van der Waals surface area contributed by atoms with Crippen LogP contribution in [0.1, 0.15) is 114 Å². The second kappa shape index (κ2) is 26.6. The number of rotatable bonds is 27. The van der Waals surface area contributed by atoms with E-state index in [4.69, 9.17) is 0 Å². The van der Waals surface area contributed by atoms with Gasteiger partial charge in [0.2, 0.25) is 11.8 Å². The monoisotopic (exact) mass is 1030 g/mol. The fourth-order valence-corrected chi connectivity index (χ4v) is 13.6. The third kappa shape index (κ3) is 15.7. The number of amides is 2. The molecule has 6 rings (SSSR count). The number of hydrogen-bond donors (Lipinski definition) is 4. The summed E-state index contributed by atoms with van der Waals surface area (Å²) in [5.41, 5.74) is 9.67. The number of carbonyl (C=O) groups is 6. The maximum absolute atomic E-state index is 14.5. The largest absolute Gasteiger partial charge is 0.393 e. The molecule has 2 aliphatic rings. The molecule has 0 aliphatic heterocycles. The van der Waals surface area contributed by atoms with Gasteiger partial charge in [-0.2, -0.15) is 0 Å². The minimum Gasteiger partial charge on any atom is -0.393 e. The number of nitrogens with one attached hydrogen (secondary N) is 2. The minimum absolute atomic E-state index is 0.0934.